The summed E-state index contributed by atoms with van der Waals surface area (Å²) in [7, 11) is 0. The summed E-state index contributed by atoms with van der Waals surface area (Å²) in [6.45, 7) is 4.31. The highest BCUT2D eigenvalue weighted by Gasteiger charge is 2.04. The zero-order valence-electron chi connectivity index (χ0n) is 10.7. The molecule has 1 amide bonds. The molecule has 1 aromatic rings. The lowest BCUT2D eigenvalue weighted by molar-refractivity contribution is 0.0940. The average Bonchev–Trinajstić information content (AvgIpc) is 2.37. The summed E-state index contributed by atoms with van der Waals surface area (Å²) in [6, 6.07) is 7.37. The third kappa shape index (κ3) is 6.17. The van der Waals surface area contributed by atoms with Gasteiger partial charge in [0.05, 0.1) is 0 Å². The van der Waals surface area contributed by atoms with Crippen LogP contribution in [0.25, 0.3) is 0 Å². The second kappa shape index (κ2) is 9.11. The van der Waals surface area contributed by atoms with Crippen molar-refractivity contribution >= 4 is 21.8 Å². The van der Waals surface area contributed by atoms with Gasteiger partial charge in [0.1, 0.15) is 0 Å². The van der Waals surface area contributed by atoms with E-state index < -0.39 is 0 Å². The fourth-order valence-electron chi connectivity index (χ4n) is 1.46. The Bertz CT molecular complexity index is 369. The van der Waals surface area contributed by atoms with Crippen molar-refractivity contribution in [3.05, 3.63) is 34.3 Å². The van der Waals surface area contributed by atoms with Gasteiger partial charge in [0, 0.05) is 29.8 Å². The Morgan fingerprint density at radius 2 is 2.11 bits per heavy atom. The zero-order valence-corrected chi connectivity index (χ0v) is 12.3. The van der Waals surface area contributed by atoms with Gasteiger partial charge in [0.25, 0.3) is 5.91 Å². The Labute approximate surface area is 117 Å². The van der Waals surface area contributed by atoms with Crippen LogP contribution in [0.2, 0.25) is 0 Å². The maximum absolute atomic E-state index is 11.8. The molecule has 0 aliphatic heterocycles. The van der Waals surface area contributed by atoms with Crippen LogP contribution >= 0.6 is 15.9 Å². The predicted molar refractivity (Wildman–Crippen MR) is 76.8 cm³/mol. The van der Waals surface area contributed by atoms with Crippen LogP contribution in [0, 0.1) is 0 Å². The van der Waals surface area contributed by atoms with Crippen molar-refractivity contribution in [2.75, 3.05) is 19.8 Å². The fraction of sp³-hybridized carbons (Fsp3) is 0.500. The summed E-state index contributed by atoms with van der Waals surface area (Å²) in [4.78, 5) is 11.8. The molecule has 0 aliphatic carbocycles. The van der Waals surface area contributed by atoms with Gasteiger partial charge in [-0.2, -0.15) is 0 Å². The summed E-state index contributed by atoms with van der Waals surface area (Å²) in [5.74, 6) is -0.0372. The molecule has 0 bridgehead atoms. The molecule has 0 saturated carbocycles. The molecule has 0 fully saturated rings. The molecule has 0 saturated heterocycles. The summed E-state index contributed by atoms with van der Waals surface area (Å²) in [6.07, 6.45) is 3.10. The smallest absolute Gasteiger partial charge is 0.251 e. The van der Waals surface area contributed by atoms with Gasteiger partial charge in [-0.25, -0.2) is 0 Å². The minimum absolute atomic E-state index is 0.0372. The van der Waals surface area contributed by atoms with Crippen LogP contribution in [0.1, 0.15) is 36.5 Å². The SMILES string of the molecule is CCCCOCCCNC(=O)c1cccc(Br)c1. The van der Waals surface area contributed by atoms with E-state index in [1.54, 1.807) is 6.07 Å². The molecule has 0 radical (unpaired) electrons. The summed E-state index contributed by atoms with van der Waals surface area (Å²) in [5, 5.41) is 2.88. The average molecular weight is 314 g/mol. The molecule has 0 unspecified atom stereocenters. The van der Waals surface area contributed by atoms with Gasteiger partial charge in [-0.05, 0) is 31.0 Å². The molecule has 18 heavy (non-hydrogen) atoms. The number of rotatable bonds is 8. The maximum atomic E-state index is 11.8. The molecule has 0 aromatic heterocycles. The molecular weight excluding hydrogens is 294 g/mol. The van der Waals surface area contributed by atoms with E-state index in [1.807, 2.05) is 18.2 Å². The first-order valence-corrected chi connectivity index (χ1v) is 7.15. The number of carbonyl (C=O) groups is 1. The van der Waals surface area contributed by atoms with E-state index in [2.05, 4.69) is 28.2 Å². The molecule has 1 N–H and O–H groups in total. The lowest BCUT2D eigenvalue weighted by atomic mass is 10.2. The van der Waals surface area contributed by atoms with Gasteiger partial charge < -0.3 is 10.1 Å². The van der Waals surface area contributed by atoms with Crippen molar-refractivity contribution in [2.45, 2.75) is 26.2 Å². The Hall–Kier alpha value is -0.870. The van der Waals surface area contributed by atoms with E-state index in [4.69, 9.17) is 4.74 Å². The minimum atomic E-state index is -0.0372. The van der Waals surface area contributed by atoms with Crippen LogP contribution in [0.5, 0.6) is 0 Å². The molecule has 0 atom stereocenters. The summed E-state index contributed by atoms with van der Waals surface area (Å²) in [5.41, 5.74) is 0.677. The van der Waals surface area contributed by atoms with Crippen LogP contribution in [0.4, 0.5) is 0 Å². The third-order valence-corrected chi connectivity index (χ3v) is 2.97. The van der Waals surface area contributed by atoms with Crippen molar-refractivity contribution in [3.8, 4) is 0 Å². The van der Waals surface area contributed by atoms with Gasteiger partial charge in [0.2, 0.25) is 0 Å². The Morgan fingerprint density at radius 1 is 1.33 bits per heavy atom. The normalized spacial score (nSPS) is 10.3. The van der Waals surface area contributed by atoms with Crippen molar-refractivity contribution in [3.63, 3.8) is 0 Å². The Balaban J connectivity index is 2.14. The van der Waals surface area contributed by atoms with Crippen LogP contribution < -0.4 is 5.32 Å². The number of hydrogen-bond acceptors (Lipinski definition) is 2. The standard InChI is InChI=1S/C14H20BrNO2/c1-2-3-9-18-10-5-8-16-14(17)12-6-4-7-13(15)11-12/h4,6-7,11H,2-3,5,8-10H2,1H3,(H,16,17). The molecule has 1 aromatic carbocycles. The molecule has 100 valence electrons. The van der Waals surface area contributed by atoms with Gasteiger partial charge in [-0.3, -0.25) is 4.79 Å². The molecular formula is C14H20BrNO2. The lowest BCUT2D eigenvalue weighted by Gasteiger charge is -2.06. The minimum Gasteiger partial charge on any atom is -0.381 e. The molecule has 4 heteroatoms. The van der Waals surface area contributed by atoms with E-state index in [0.717, 1.165) is 30.3 Å². The lowest BCUT2D eigenvalue weighted by Crippen LogP contribution is -2.25. The second-order valence-electron chi connectivity index (χ2n) is 4.09. The first kappa shape index (κ1) is 15.2. The van der Waals surface area contributed by atoms with Gasteiger partial charge in [0.15, 0.2) is 0 Å². The van der Waals surface area contributed by atoms with E-state index in [0.29, 0.717) is 18.7 Å². The number of amides is 1. The van der Waals surface area contributed by atoms with E-state index in [9.17, 15) is 4.79 Å². The second-order valence-corrected chi connectivity index (χ2v) is 5.00. The number of unbranched alkanes of at least 4 members (excludes halogenated alkanes) is 1. The van der Waals surface area contributed by atoms with Crippen molar-refractivity contribution in [1.82, 2.24) is 5.32 Å². The number of carbonyl (C=O) groups excluding carboxylic acids is 1. The predicted octanol–water partition coefficient (Wildman–Crippen LogP) is 3.39. The zero-order chi connectivity index (χ0) is 13.2. The number of hydrogen-bond donors (Lipinski definition) is 1. The van der Waals surface area contributed by atoms with E-state index in [-0.39, 0.29) is 5.91 Å². The van der Waals surface area contributed by atoms with Crippen molar-refractivity contribution in [1.29, 1.82) is 0 Å². The van der Waals surface area contributed by atoms with Crippen LogP contribution in [-0.4, -0.2) is 25.7 Å². The highest BCUT2D eigenvalue weighted by molar-refractivity contribution is 9.10. The van der Waals surface area contributed by atoms with Crippen molar-refractivity contribution < 1.29 is 9.53 Å². The molecule has 0 aliphatic rings. The fourth-order valence-corrected chi connectivity index (χ4v) is 1.86. The first-order chi connectivity index (χ1) is 8.74. The Morgan fingerprint density at radius 3 is 2.83 bits per heavy atom. The van der Waals surface area contributed by atoms with E-state index >= 15 is 0 Å². The van der Waals surface area contributed by atoms with Crippen LogP contribution in [0.15, 0.2) is 28.7 Å². The largest absolute Gasteiger partial charge is 0.381 e. The number of nitrogens with one attached hydrogen (secondary N) is 1. The van der Waals surface area contributed by atoms with Crippen LogP contribution in [0.3, 0.4) is 0 Å². The Kier molecular flexibility index (Phi) is 7.69. The number of benzene rings is 1. The summed E-state index contributed by atoms with van der Waals surface area (Å²) >= 11 is 3.35. The third-order valence-electron chi connectivity index (χ3n) is 2.48. The van der Waals surface area contributed by atoms with Crippen molar-refractivity contribution in [2.24, 2.45) is 0 Å². The monoisotopic (exact) mass is 313 g/mol. The molecule has 0 spiro atoms. The molecule has 1 rings (SSSR count). The molecule has 0 heterocycles. The quantitative estimate of drug-likeness (QED) is 0.747. The highest BCUT2D eigenvalue weighted by Crippen LogP contribution is 2.11. The molecule has 3 nitrogen and oxygen atoms in total. The maximum Gasteiger partial charge on any atom is 0.251 e. The van der Waals surface area contributed by atoms with Crippen LogP contribution in [-0.2, 0) is 4.74 Å². The number of ether oxygens (including phenoxy) is 1. The number of halogens is 1. The van der Waals surface area contributed by atoms with E-state index in [1.165, 1.54) is 0 Å². The first-order valence-electron chi connectivity index (χ1n) is 6.35. The van der Waals surface area contributed by atoms with Gasteiger partial charge in [-0.1, -0.05) is 35.3 Å². The summed E-state index contributed by atoms with van der Waals surface area (Å²) < 4.78 is 6.34. The van der Waals surface area contributed by atoms with Gasteiger partial charge >= 0.3 is 0 Å². The van der Waals surface area contributed by atoms with Gasteiger partial charge in [-0.15, -0.1) is 0 Å². The topological polar surface area (TPSA) is 38.3 Å². The highest BCUT2D eigenvalue weighted by atomic mass is 79.9.